The fourth-order valence-electron chi connectivity index (χ4n) is 13.8. The molecule has 0 amide bonds. The Morgan fingerprint density at radius 3 is 0.805 bits per heavy atom. The van der Waals surface area contributed by atoms with Gasteiger partial charge in [0.1, 0.15) is 46.0 Å². The lowest BCUT2D eigenvalue weighted by atomic mass is 9.73. The smallest absolute Gasteiger partial charge is 0.123 e. The highest BCUT2D eigenvalue weighted by molar-refractivity contribution is 5.55. The third-order valence-corrected chi connectivity index (χ3v) is 18.7. The number of hydrogen-bond acceptors (Lipinski definition) is 8. The monoisotopic (exact) mass is 1190 g/mol. The first-order chi connectivity index (χ1) is 41.2. The van der Waals surface area contributed by atoms with Crippen molar-refractivity contribution < 1.29 is 40.9 Å². The molecule has 0 spiro atoms. The largest absolute Gasteiger partial charge is 0.507 e. The highest BCUT2D eigenvalue weighted by Crippen LogP contribution is 2.51. The maximum atomic E-state index is 10.6. The van der Waals surface area contributed by atoms with Crippen LogP contribution >= 0.6 is 0 Å². The Kier molecular flexibility index (Phi) is 27.3. The maximum absolute atomic E-state index is 10.6. The van der Waals surface area contributed by atoms with E-state index in [-0.39, 0.29) is 93.3 Å². The van der Waals surface area contributed by atoms with Crippen LogP contribution < -0.4 is 0 Å². The van der Waals surface area contributed by atoms with Crippen LogP contribution in [0.5, 0.6) is 46.0 Å². The molecule has 4 aliphatic rings. The van der Waals surface area contributed by atoms with Crippen molar-refractivity contribution in [2.24, 2.45) is 23.7 Å². The summed E-state index contributed by atoms with van der Waals surface area (Å²) in [5.41, 5.74) is 16.3. The van der Waals surface area contributed by atoms with Crippen molar-refractivity contribution >= 4 is 0 Å². The second kappa shape index (κ2) is 33.5. The highest BCUT2D eigenvalue weighted by atomic mass is 16.3. The van der Waals surface area contributed by atoms with Gasteiger partial charge in [-0.2, -0.15) is 0 Å². The van der Waals surface area contributed by atoms with Crippen LogP contribution in [0.2, 0.25) is 0 Å². The SMILES string of the molecule is C=C(C)[C@@H]1CCC(C)=C[C@H]1c1c(O)cc(CC)cc1O.C=C(C)[C@@H]1CCC(C)=C[C@H]1c1c(O)cc(CCC)cc1O.C=C(C)[C@@H]1CCC(C)=C[C@H]1c1c(O)cc(CCCC)cc1O.C=C(C)[C@@H]1CCC(C)=C[C@H]1c1c(O)cc(CCCCCC)cc1O. The van der Waals surface area contributed by atoms with E-state index in [2.05, 4.69) is 99.1 Å². The average Bonchev–Trinajstić information content (AvgIpc) is 2.09. The second-order valence-corrected chi connectivity index (χ2v) is 26.3. The molecule has 8 nitrogen and oxygen atoms in total. The summed E-state index contributed by atoms with van der Waals surface area (Å²) < 4.78 is 0. The van der Waals surface area contributed by atoms with Crippen LogP contribution in [0, 0.1) is 23.7 Å². The van der Waals surface area contributed by atoms with E-state index in [1.807, 2.05) is 58.9 Å². The number of phenolic OH excluding ortho intramolecular Hbond substituents is 8. The normalized spacial score (nSPS) is 21.6. The Labute approximate surface area is 525 Å². The van der Waals surface area contributed by atoms with Gasteiger partial charge in [0.2, 0.25) is 0 Å². The van der Waals surface area contributed by atoms with Gasteiger partial charge in [0.15, 0.2) is 0 Å². The molecule has 474 valence electrons. The van der Waals surface area contributed by atoms with Crippen LogP contribution in [-0.2, 0) is 25.7 Å². The van der Waals surface area contributed by atoms with Crippen molar-refractivity contribution in [2.45, 2.75) is 229 Å². The molecule has 0 unspecified atom stereocenters. The summed E-state index contributed by atoms with van der Waals surface area (Å²) in [4.78, 5) is 0. The third kappa shape index (κ3) is 19.3. The van der Waals surface area contributed by atoms with Gasteiger partial charge >= 0.3 is 0 Å². The maximum Gasteiger partial charge on any atom is 0.123 e. The standard InChI is InChI=1S/C22H32O2.C20H28O2.C19H26O2.C18H24O2/c1-5-6-7-8-9-17-13-20(23)22(21(24)14-17)19-12-16(4)10-11-18(19)15(2)3;1-5-6-7-15-11-18(21)20(19(22)12-15)17-10-14(4)8-9-16(17)13(2)3;1-5-6-14-10-17(20)19(18(21)11-14)16-9-13(4)7-8-15(16)12(2)3;1-5-13-9-16(19)18(17(20)10-13)15-8-12(4)6-7-14(15)11(2)3/h12-14,18-19,23-24H,2,5-11H2,1,3-4H3;10-12,16-17,21-22H,2,5-9H2,1,3-4H3;9-11,15-16,20-21H,2,5-8H2,1,3-4H3;8-10,14-15,19-20H,2,5-7H2,1,3-4H3/t18-,19+;16-,17+;15-,16+;14-,15+/m0000/s1. The van der Waals surface area contributed by atoms with Gasteiger partial charge in [-0.1, -0.05) is 155 Å². The summed E-state index contributed by atoms with van der Waals surface area (Å²) in [5, 5.41) is 83.7. The Hall–Kier alpha value is -6.80. The lowest BCUT2D eigenvalue weighted by Gasteiger charge is -2.31. The van der Waals surface area contributed by atoms with E-state index in [9.17, 15) is 40.9 Å². The van der Waals surface area contributed by atoms with E-state index in [4.69, 9.17) is 0 Å². The summed E-state index contributed by atoms with van der Waals surface area (Å²) in [6, 6.07) is 14.4. The van der Waals surface area contributed by atoms with Crippen molar-refractivity contribution in [2.75, 3.05) is 0 Å². The van der Waals surface area contributed by atoms with E-state index in [0.29, 0.717) is 22.3 Å². The molecule has 0 heterocycles. The van der Waals surface area contributed by atoms with Crippen LogP contribution in [0.25, 0.3) is 0 Å². The van der Waals surface area contributed by atoms with Gasteiger partial charge in [0, 0.05) is 45.9 Å². The first kappa shape index (κ1) is 71.0. The first-order valence-corrected chi connectivity index (χ1v) is 32.7. The predicted molar refractivity (Wildman–Crippen MR) is 365 cm³/mol. The van der Waals surface area contributed by atoms with Crippen LogP contribution in [-0.4, -0.2) is 40.9 Å². The Balaban J connectivity index is 0.000000212. The van der Waals surface area contributed by atoms with Gasteiger partial charge in [-0.3, -0.25) is 0 Å². The molecular weight excluding hydrogens is 1080 g/mol. The zero-order valence-corrected chi connectivity index (χ0v) is 55.4. The molecule has 0 radical (unpaired) electrons. The van der Waals surface area contributed by atoms with Gasteiger partial charge in [-0.15, -0.1) is 0 Å². The Morgan fingerprint density at radius 1 is 0.333 bits per heavy atom. The molecule has 0 fully saturated rings. The summed E-state index contributed by atoms with van der Waals surface area (Å²) in [5.74, 6) is 2.89. The number of phenols is 8. The zero-order valence-electron chi connectivity index (χ0n) is 55.4. The third-order valence-electron chi connectivity index (χ3n) is 18.7. The van der Waals surface area contributed by atoms with E-state index < -0.39 is 0 Å². The van der Waals surface area contributed by atoms with Crippen molar-refractivity contribution in [3.05, 3.63) is 188 Å². The van der Waals surface area contributed by atoms with E-state index in [0.717, 1.165) is 147 Å². The van der Waals surface area contributed by atoms with E-state index in [1.54, 1.807) is 24.3 Å². The molecule has 0 saturated heterocycles. The number of unbranched alkanes of at least 4 members (excludes halogenated alkanes) is 4. The second-order valence-electron chi connectivity index (χ2n) is 26.3. The fraction of sp³-hybridized carbons (Fsp3) is 0.494. The summed E-state index contributed by atoms with van der Waals surface area (Å²) in [6.45, 7) is 41.4. The number of aryl methyl sites for hydroxylation is 4. The molecule has 4 aliphatic carbocycles. The number of allylic oxidation sites excluding steroid dienone is 12. The average molecular weight is 1190 g/mol. The minimum Gasteiger partial charge on any atom is -0.507 e. The van der Waals surface area contributed by atoms with Crippen molar-refractivity contribution in [1.29, 1.82) is 0 Å². The molecule has 0 saturated carbocycles. The van der Waals surface area contributed by atoms with Crippen molar-refractivity contribution in [3.63, 3.8) is 0 Å². The molecule has 8 rings (SSSR count). The van der Waals surface area contributed by atoms with Crippen LogP contribution in [0.4, 0.5) is 0 Å². The van der Waals surface area contributed by atoms with Crippen LogP contribution in [0.15, 0.2) is 144 Å². The minimum atomic E-state index is 0.0189. The summed E-state index contributed by atoms with van der Waals surface area (Å²) in [7, 11) is 0. The lowest BCUT2D eigenvalue weighted by molar-refractivity contribution is 0.405. The van der Waals surface area contributed by atoms with Crippen molar-refractivity contribution in [3.8, 4) is 46.0 Å². The number of aromatic hydroxyl groups is 8. The molecule has 8 heteroatoms. The van der Waals surface area contributed by atoms with E-state index in [1.165, 1.54) is 41.6 Å². The van der Waals surface area contributed by atoms with Crippen LogP contribution in [0.1, 0.15) is 248 Å². The molecule has 0 aromatic heterocycles. The summed E-state index contributed by atoms with van der Waals surface area (Å²) >= 11 is 0. The number of hydrogen-bond donors (Lipinski definition) is 8. The number of rotatable bonds is 19. The topological polar surface area (TPSA) is 162 Å². The molecule has 8 N–H and O–H groups in total. The van der Waals surface area contributed by atoms with Gasteiger partial charge in [0.05, 0.1) is 0 Å². The van der Waals surface area contributed by atoms with E-state index >= 15 is 0 Å². The zero-order chi connectivity index (χ0) is 64.4. The van der Waals surface area contributed by atoms with Crippen molar-refractivity contribution in [1.82, 2.24) is 0 Å². The molecule has 4 aromatic rings. The van der Waals surface area contributed by atoms with Gasteiger partial charge in [0.25, 0.3) is 0 Å². The highest BCUT2D eigenvalue weighted by Gasteiger charge is 2.34. The van der Waals surface area contributed by atoms with Gasteiger partial charge in [-0.25, -0.2) is 0 Å². The first-order valence-electron chi connectivity index (χ1n) is 32.7. The number of benzene rings is 4. The molecule has 0 bridgehead atoms. The predicted octanol–water partition coefficient (Wildman–Crippen LogP) is 21.4. The molecule has 4 aromatic carbocycles. The lowest BCUT2D eigenvalue weighted by Crippen LogP contribution is -2.17. The van der Waals surface area contributed by atoms with Crippen LogP contribution in [0.3, 0.4) is 0 Å². The van der Waals surface area contributed by atoms with Gasteiger partial charge < -0.3 is 40.9 Å². The van der Waals surface area contributed by atoms with Gasteiger partial charge in [-0.05, 0) is 240 Å². The molecule has 0 aliphatic heterocycles. The Morgan fingerprint density at radius 2 is 0.575 bits per heavy atom. The Bertz CT molecular complexity index is 3070. The quantitative estimate of drug-likeness (QED) is 0.0340. The minimum absolute atomic E-state index is 0.0189. The molecule has 87 heavy (non-hydrogen) atoms. The molecular formula is C79H110O8. The molecule has 8 atom stereocenters. The fourth-order valence-corrected chi connectivity index (χ4v) is 13.8. The summed E-state index contributed by atoms with van der Waals surface area (Å²) in [6.07, 6.45) is 28.4.